The maximum absolute atomic E-state index is 9.61. The van der Waals surface area contributed by atoms with E-state index in [9.17, 15) is 5.11 Å². The molecule has 0 bridgehead atoms. The molecule has 0 unspecified atom stereocenters. The lowest BCUT2D eigenvalue weighted by Crippen LogP contribution is -2.08. The number of nitrogens with one attached hydrogen (secondary N) is 1. The summed E-state index contributed by atoms with van der Waals surface area (Å²) in [6, 6.07) is 7.12. The minimum atomic E-state index is 0.245. The fourth-order valence-electron chi connectivity index (χ4n) is 2.60. The van der Waals surface area contributed by atoms with E-state index < -0.39 is 0 Å². The molecule has 4 heteroatoms. The minimum Gasteiger partial charge on any atom is -0.508 e. The molecule has 0 amide bonds. The minimum absolute atomic E-state index is 0.245. The van der Waals surface area contributed by atoms with Crippen LogP contribution in [0.5, 0.6) is 5.75 Å². The van der Waals surface area contributed by atoms with Gasteiger partial charge in [0.2, 0.25) is 0 Å². The van der Waals surface area contributed by atoms with Crippen molar-refractivity contribution in [3.63, 3.8) is 0 Å². The van der Waals surface area contributed by atoms with Crippen molar-refractivity contribution in [2.24, 2.45) is 0 Å². The summed E-state index contributed by atoms with van der Waals surface area (Å²) < 4.78 is 0. The molecular formula is C16H19N3O. The van der Waals surface area contributed by atoms with Crippen LogP contribution in [0, 0.1) is 0 Å². The normalized spacial score (nSPS) is 13.2. The first-order valence-electron chi connectivity index (χ1n) is 7.21. The molecule has 1 heterocycles. The summed E-state index contributed by atoms with van der Waals surface area (Å²) in [5, 5.41) is 13.0. The fraction of sp³-hybridized carbons (Fsp3) is 0.375. The highest BCUT2D eigenvalue weighted by molar-refractivity contribution is 5.62. The van der Waals surface area contributed by atoms with Crippen molar-refractivity contribution in [1.82, 2.24) is 9.97 Å². The SMILES string of the molecule is CCCNc1nc(-c2cccc(O)c2)nc2c1CCC2. The molecule has 4 nitrogen and oxygen atoms in total. The molecule has 1 aliphatic carbocycles. The average Bonchev–Trinajstić information content (AvgIpc) is 2.93. The van der Waals surface area contributed by atoms with Crippen molar-refractivity contribution in [3.8, 4) is 17.1 Å². The molecular weight excluding hydrogens is 250 g/mol. The number of rotatable bonds is 4. The quantitative estimate of drug-likeness (QED) is 0.895. The molecule has 3 rings (SSSR count). The molecule has 1 aliphatic rings. The second-order valence-electron chi connectivity index (χ2n) is 5.15. The number of phenols is 1. The van der Waals surface area contributed by atoms with E-state index in [0.29, 0.717) is 5.82 Å². The summed E-state index contributed by atoms with van der Waals surface area (Å²) in [5.41, 5.74) is 3.28. The molecule has 104 valence electrons. The van der Waals surface area contributed by atoms with E-state index >= 15 is 0 Å². The Morgan fingerprint density at radius 3 is 2.95 bits per heavy atom. The molecule has 0 radical (unpaired) electrons. The maximum atomic E-state index is 9.61. The van der Waals surface area contributed by atoms with Crippen molar-refractivity contribution in [2.75, 3.05) is 11.9 Å². The van der Waals surface area contributed by atoms with Gasteiger partial charge in [-0.1, -0.05) is 19.1 Å². The van der Waals surface area contributed by atoms with Crippen LogP contribution in [-0.4, -0.2) is 21.6 Å². The third-order valence-electron chi connectivity index (χ3n) is 3.58. The van der Waals surface area contributed by atoms with Crippen molar-refractivity contribution in [2.45, 2.75) is 32.6 Å². The van der Waals surface area contributed by atoms with Gasteiger partial charge in [-0.2, -0.15) is 0 Å². The molecule has 0 spiro atoms. The van der Waals surface area contributed by atoms with Crippen LogP contribution in [-0.2, 0) is 12.8 Å². The van der Waals surface area contributed by atoms with Crippen molar-refractivity contribution < 1.29 is 5.11 Å². The van der Waals surface area contributed by atoms with Gasteiger partial charge < -0.3 is 10.4 Å². The summed E-state index contributed by atoms with van der Waals surface area (Å²) in [4.78, 5) is 9.33. The lowest BCUT2D eigenvalue weighted by atomic mass is 10.1. The van der Waals surface area contributed by atoms with Crippen LogP contribution in [0.1, 0.15) is 31.0 Å². The number of fused-ring (bicyclic) bond motifs is 1. The van der Waals surface area contributed by atoms with Crippen LogP contribution in [0.25, 0.3) is 11.4 Å². The predicted molar refractivity (Wildman–Crippen MR) is 79.9 cm³/mol. The summed E-state index contributed by atoms with van der Waals surface area (Å²) >= 11 is 0. The van der Waals surface area contributed by atoms with Crippen molar-refractivity contribution in [1.29, 1.82) is 0 Å². The Morgan fingerprint density at radius 1 is 1.25 bits per heavy atom. The molecule has 20 heavy (non-hydrogen) atoms. The number of hydrogen-bond donors (Lipinski definition) is 2. The molecule has 1 aromatic heterocycles. The smallest absolute Gasteiger partial charge is 0.161 e. The molecule has 0 fully saturated rings. The van der Waals surface area contributed by atoms with E-state index in [0.717, 1.165) is 49.3 Å². The van der Waals surface area contributed by atoms with E-state index in [4.69, 9.17) is 0 Å². The highest BCUT2D eigenvalue weighted by Crippen LogP contribution is 2.30. The van der Waals surface area contributed by atoms with Gasteiger partial charge in [-0.3, -0.25) is 0 Å². The monoisotopic (exact) mass is 269 g/mol. The zero-order valence-corrected chi connectivity index (χ0v) is 11.7. The summed E-state index contributed by atoms with van der Waals surface area (Å²) in [6.07, 6.45) is 4.29. The Kier molecular flexibility index (Phi) is 3.54. The van der Waals surface area contributed by atoms with E-state index in [1.807, 2.05) is 12.1 Å². The predicted octanol–water partition coefficient (Wildman–Crippen LogP) is 3.16. The summed E-state index contributed by atoms with van der Waals surface area (Å²) in [7, 11) is 0. The second kappa shape index (κ2) is 5.49. The van der Waals surface area contributed by atoms with Gasteiger partial charge >= 0.3 is 0 Å². The van der Waals surface area contributed by atoms with Gasteiger partial charge in [-0.15, -0.1) is 0 Å². The largest absolute Gasteiger partial charge is 0.508 e. The number of nitrogens with zero attached hydrogens (tertiary/aromatic N) is 2. The zero-order chi connectivity index (χ0) is 13.9. The molecule has 2 aromatic rings. The molecule has 2 N–H and O–H groups in total. The van der Waals surface area contributed by atoms with Gasteiger partial charge in [0.1, 0.15) is 11.6 Å². The maximum Gasteiger partial charge on any atom is 0.161 e. The van der Waals surface area contributed by atoms with E-state index in [1.165, 1.54) is 5.56 Å². The van der Waals surface area contributed by atoms with Gasteiger partial charge in [-0.25, -0.2) is 9.97 Å². The van der Waals surface area contributed by atoms with Crippen LogP contribution in [0.2, 0.25) is 0 Å². The lowest BCUT2D eigenvalue weighted by Gasteiger charge is -2.11. The van der Waals surface area contributed by atoms with Crippen LogP contribution < -0.4 is 5.32 Å². The van der Waals surface area contributed by atoms with E-state index in [-0.39, 0.29) is 5.75 Å². The summed E-state index contributed by atoms with van der Waals surface area (Å²) in [6.45, 7) is 3.06. The first-order valence-corrected chi connectivity index (χ1v) is 7.21. The Bertz CT molecular complexity index is 625. The zero-order valence-electron chi connectivity index (χ0n) is 11.7. The summed E-state index contributed by atoms with van der Waals surface area (Å²) in [5.74, 6) is 1.91. The number of aryl methyl sites for hydroxylation is 1. The lowest BCUT2D eigenvalue weighted by molar-refractivity contribution is 0.475. The van der Waals surface area contributed by atoms with Crippen LogP contribution in [0.15, 0.2) is 24.3 Å². The molecule has 0 atom stereocenters. The van der Waals surface area contributed by atoms with Crippen LogP contribution >= 0.6 is 0 Å². The number of aromatic hydroxyl groups is 1. The van der Waals surface area contributed by atoms with Gasteiger partial charge in [0.15, 0.2) is 5.82 Å². The highest BCUT2D eigenvalue weighted by atomic mass is 16.3. The van der Waals surface area contributed by atoms with Crippen LogP contribution in [0.4, 0.5) is 5.82 Å². The molecule has 0 saturated carbocycles. The van der Waals surface area contributed by atoms with Gasteiger partial charge in [-0.05, 0) is 37.8 Å². The van der Waals surface area contributed by atoms with E-state index in [2.05, 4.69) is 22.2 Å². The standard InChI is InChI=1S/C16H19N3O/c1-2-9-17-16-13-7-4-8-14(13)18-15(19-16)11-5-3-6-12(20)10-11/h3,5-6,10,20H,2,4,7-9H2,1H3,(H,17,18,19). The molecule has 0 saturated heterocycles. The van der Waals surface area contributed by atoms with Gasteiger partial charge in [0.25, 0.3) is 0 Å². The first-order chi connectivity index (χ1) is 9.78. The highest BCUT2D eigenvalue weighted by Gasteiger charge is 2.19. The average molecular weight is 269 g/mol. The Morgan fingerprint density at radius 2 is 2.15 bits per heavy atom. The Balaban J connectivity index is 2.04. The first kappa shape index (κ1) is 12.9. The third kappa shape index (κ3) is 2.46. The topological polar surface area (TPSA) is 58.0 Å². The molecule has 0 aliphatic heterocycles. The molecule has 1 aromatic carbocycles. The number of phenolic OH excluding ortho intramolecular Hbond substituents is 1. The van der Waals surface area contributed by atoms with Crippen molar-refractivity contribution >= 4 is 5.82 Å². The second-order valence-corrected chi connectivity index (χ2v) is 5.15. The van der Waals surface area contributed by atoms with Crippen LogP contribution in [0.3, 0.4) is 0 Å². The van der Waals surface area contributed by atoms with Gasteiger partial charge in [0, 0.05) is 23.4 Å². The number of aromatic nitrogens is 2. The number of hydrogen-bond acceptors (Lipinski definition) is 4. The Labute approximate surface area is 118 Å². The number of anilines is 1. The number of benzene rings is 1. The van der Waals surface area contributed by atoms with Gasteiger partial charge in [0.05, 0.1) is 0 Å². The van der Waals surface area contributed by atoms with E-state index in [1.54, 1.807) is 12.1 Å². The fourth-order valence-corrected chi connectivity index (χ4v) is 2.60. The third-order valence-corrected chi connectivity index (χ3v) is 3.58. The van der Waals surface area contributed by atoms with Crippen molar-refractivity contribution in [3.05, 3.63) is 35.5 Å². The Hall–Kier alpha value is -2.10.